The van der Waals surface area contributed by atoms with Crippen LogP contribution in [0.25, 0.3) is 0 Å². The Balaban J connectivity index is 1.85. The Morgan fingerprint density at radius 2 is 2.50 bits per heavy atom. The van der Waals surface area contributed by atoms with E-state index in [1.165, 1.54) is 11.3 Å². The number of carboxylic acid groups (broad SMARTS) is 1. The van der Waals surface area contributed by atoms with Crippen molar-refractivity contribution in [2.45, 2.75) is 12.6 Å². The lowest BCUT2D eigenvalue weighted by molar-refractivity contribution is -0.138. The summed E-state index contributed by atoms with van der Waals surface area (Å²) in [5, 5.41) is 14.2. The summed E-state index contributed by atoms with van der Waals surface area (Å²) in [6, 6.07) is -1.06. The van der Waals surface area contributed by atoms with Gasteiger partial charge in [-0.1, -0.05) is 0 Å². The summed E-state index contributed by atoms with van der Waals surface area (Å²) >= 11 is 1.34. The molecule has 96 valence electrons. The summed E-state index contributed by atoms with van der Waals surface area (Å²) in [5.41, 5.74) is 5.83. The minimum atomic E-state index is -1.08. The lowest BCUT2D eigenvalue weighted by atomic mass is 10.2. The van der Waals surface area contributed by atoms with E-state index in [1.54, 1.807) is 17.9 Å². The molecular weight excluding hydrogens is 254 g/mol. The summed E-state index contributed by atoms with van der Waals surface area (Å²) in [4.78, 5) is 18.7. The number of anilines is 1. The second-order valence-electron chi connectivity index (χ2n) is 3.62. The van der Waals surface area contributed by atoms with Crippen LogP contribution in [-0.2, 0) is 11.3 Å². The number of carboxylic acids is 1. The third-order valence-corrected chi connectivity index (χ3v) is 3.13. The first-order chi connectivity index (χ1) is 8.66. The number of hydrogen-bond donors (Lipinski definition) is 3. The Morgan fingerprint density at radius 3 is 3.17 bits per heavy atom. The first-order valence-corrected chi connectivity index (χ1v) is 6.18. The second-order valence-corrected chi connectivity index (χ2v) is 4.48. The molecule has 2 aromatic rings. The fourth-order valence-corrected chi connectivity index (χ4v) is 2.12. The van der Waals surface area contributed by atoms with Gasteiger partial charge in [0.25, 0.3) is 0 Å². The molecule has 4 N–H and O–H groups in total. The van der Waals surface area contributed by atoms with Crippen LogP contribution in [-0.4, -0.2) is 32.2 Å². The van der Waals surface area contributed by atoms with Crippen molar-refractivity contribution in [3.8, 4) is 0 Å². The highest BCUT2D eigenvalue weighted by Crippen LogP contribution is 2.19. The van der Waals surface area contributed by atoms with Crippen molar-refractivity contribution in [3.63, 3.8) is 0 Å². The lowest BCUT2D eigenvalue weighted by Crippen LogP contribution is -2.21. The SMILES string of the molecule is NC(C(=O)O)c1csc(NCCn2ccnc2)n1. The van der Waals surface area contributed by atoms with Crippen LogP contribution in [0.1, 0.15) is 11.7 Å². The first-order valence-electron chi connectivity index (χ1n) is 5.30. The van der Waals surface area contributed by atoms with Crippen LogP contribution in [0.5, 0.6) is 0 Å². The van der Waals surface area contributed by atoms with Gasteiger partial charge in [-0.05, 0) is 0 Å². The van der Waals surface area contributed by atoms with Gasteiger partial charge >= 0.3 is 5.97 Å². The largest absolute Gasteiger partial charge is 0.480 e. The van der Waals surface area contributed by atoms with E-state index in [-0.39, 0.29) is 0 Å². The molecule has 0 radical (unpaired) electrons. The van der Waals surface area contributed by atoms with Crippen LogP contribution in [0.15, 0.2) is 24.1 Å². The van der Waals surface area contributed by atoms with Crippen LogP contribution < -0.4 is 11.1 Å². The molecule has 18 heavy (non-hydrogen) atoms. The minimum absolute atomic E-state index is 0.373. The summed E-state index contributed by atoms with van der Waals surface area (Å²) in [5.74, 6) is -1.08. The second kappa shape index (κ2) is 5.61. The number of nitrogens with two attached hydrogens (primary N) is 1. The molecule has 0 amide bonds. The maximum Gasteiger partial charge on any atom is 0.326 e. The van der Waals surface area contributed by atoms with Gasteiger partial charge in [-0.2, -0.15) is 0 Å². The molecule has 0 aromatic carbocycles. The van der Waals surface area contributed by atoms with Gasteiger partial charge in [0.1, 0.15) is 6.04 Å². The van der Waals surface area contributed by atoms with Gasteiger partial charge in [0.15, 0.2) is 5.13 Å². The van der Waals surface area contributed by atoms with Crippen molar-refractivity contribution in [2.24, 2.45) is 5.73 Å². The first kappa shape index (κ1) is 12.5. The average molecular weight is 267 g/mol. The fraction of sp³-hybridized carbons (Fsp3) is 0.300. The average Bonchev–Trinajstić information content (AvgIpc) is 2.99. The van der Waals surface area contributed by atoms with E-state index < -0.39 is 12.0 Å². The molecule has 1 unspecified atom stereocenters. The Bertz CT molecular complexity index is 510. The number of aliphatic carboxylic acids is 1. The molecular formula is C10H13N5O2S. The Kier molecular flexibility index (Phi) is 3.90. The molecule has 2 aromatic heterocycles. The molecule has 1 atom stereocenters. The van der Waals surface area contributed by atoms with Gasteiger partial charge in [0, 0.05) is 30.9 Å². The number of nitrogens with one attached hydrogen (secondary N) is 1. The van der Waals surface area contributed by atoms with Crippen LogP contribution in [0, 0.1) is 0 Å². The van der Waals surface area contributed by atoms with E-state index in [2.05, 4.69) is 15.3 Å². The highest BCUT2D eigenvalue weighted by Gasteiger charge is 2.17. The van der Waals surface area contributed by atoms with E-state index in [0.717, 1.165) is 6.54 Å². The maximum absolute atomic E-state index is 10.7. The van der Waals surface area contributed by atoms with Crippen molar-refractivity contribution in [1.29, 1.82) is 0 Å². The zero-order valence-corrected chi connectivity index (χ0v) is 10.3. The van der Waals surface area contributed by atoms with Crippen molar-refractivity contribution in [1.82, 2.24) is 14.5 Å². The smallest absolute Gasteiger partial charge is 0.326 e. The van der Waals surface area contributed by atoms with Crippen LogP contribution >= 0.6 is 11.3 Å². The molecule has 0 saturated heterocycles. The fourth-order valence-electron chi connectivity index (χ4n) is 1.35. The molecule has 0 aliphatic carbocycles. The number of nitrogens with zero attached hydrogens (tertiary/aromatic N) is 3. The molecule has 2 rings (SSSR count). The standard InChI is InChI=1S/C10H13N5O2S/c11-8(9(16)17)7-5-18-10(14-7)13-2-4-15-3-1-12-6-15/h1,3,5-6,8H,2,4,11H2,(H,13,14)(H,16,17). The van der Waals surface area contributed by atoms with Gasteiger partial charge in [0.05, 0.1) is 12.0 Å². The van der Waals surface area contributed by atoms with Crippen LogP contribution in [0.4, 0.5) is 5.13 Å². The number of carbonyl (C=O) groups is 1. The van der Waals surface area contributed by atoms with E-state index in [9.17, 15) is 4.79 Å². The van der Waals surface area contributed by atoms with Crippen LogP contribution in [0.2, 0.25) is 0 Å². The molecule has 0 saturated carbocycles. The normalized spacial score (nSPS) is 12.3. The van der Waals surface area contributed by atoms with Gasteiger partial charge in [0.2, 0.25) is 0 Å². The number of thiazole rings is 1. The molecule has 8 heteroatoms. The summed E-state index contributed by atoms with van der Waals surface area (Å²) in [6.45, 7) is 1.45. The molecule has 0 bridgehead atoms. The Labute approximate surface area is 107 Å². The summed E-state index contributed by atoms with van der Waals surface area (Å²) in [7, 11) is 0. The molecule has 0 fully saturated rings. The molecule has 2 heterocycles. The Morgan fingerprint density at radius 1 is 1.67 bits per heavy atom. The number of imidazole rings is 1. The zero-order chi connectivity index (χ0) is 13.0. The van der Waals surface area contributed by atoms with E-state index in [1.807, 2.05) is 10.8 Å². The minimum Gasteiger partial charge on any atom is -0.480 e. The van der Waals surface area contributed by atoms with Crippen molar-refractivity contribution >= 4 is 22.4 Å². The van der Waals surface area contributed by atoms with Crippen LogP contribution in [0.3, 0.4) is 0 Å². The molecule has 7 nitrogen and oxygen atoms in total. The molecule has 0 aliphatic heterocycles. The summed E-state index contributed by atoms with van der Waals surface area (Å²) < 4.78 is 1.94. The third-order valence-electron chi connectivity index (χ3n) is 2.31. The molecule has 0 aliphatic rings. The zero-order valence-electron chi connectivity index (χ0n) is 9.48. The van der Waals surface area contributed by atoms with E-state index >= 15 is 0 Å². The van der Waals surface area contributed by atoms with Crippen molar-refractivity contribution in [3.05, 3.63) is 29.8 Å². The summed E-state index contributed by atoms with van der Waals surface area (Å²) in [6.07, 6.45) is 5.32. The highest BCUT2D eigenvalue weighted by molar-refractivity contribution is 7.13. The topological polar surface area (TPSA) is 106 Å². The van der Waals surface area contributed by atoms with Gasteiger partial charge in [-0.3, -0.25) is 4.79 Å². The highest BCUT2D eigenvalue weighted by atomic mass is 32.1. The van der Waals surface area contributed by atoms with E-state index in [4.69, 9.17) is 10.8 Å². The van der Waals surface area contributed by atoms with Crippen molar-refractivity contribution in [2.75, 3.05) is 11.9 Å². The van der Waals surface area contributed by atoms with Gasteiger partial charge < -0.3 is 20.7 Å². The van der Waals surface area contributed by atoms with Gasteiger partial charge in [-0.15, -0.1) is 11.3 Å². The molecule has 0 spiro atoms. The van der Waals surface area contributed by atoms with Crippen molar-refractivity contribution < 1.29 is 9.90 Å². The third kappa shape index (κ3) is 3.05. The predicted octanol–water partition coefficient (Wildman–Crippen LogP) is 0.536. The van der Waals surface area contributed by atoms with Gasteiger partial charge in [-0.25, -0.2) is 9.97 Å². The maximum atomic E-state index is 10.7. The van der Waals surface area contributed by atoms with E-state index in [0.29, 0.717) is 17.4 Å². The Hall–Kier alpha value is -1.93. The number of rotatable bonds is 6. The monoisotopic (exact) mass is 267 g/mol. The predicted molar refractivity (Wildman–Crippen MR) is 67.4 cm³/mol. The lowest BCUT2D eigenvalue weighted by Gasteiger charge is -2.03. The number of aromatic nitrogens is 3. The number of hydrogen-bond acceptors (Lipinski definition) is 6. The quantitative estimate of drug-likeness (QED) is 0.705.